The Morgan fingerprint density at radius 3 is 0.586 bits per heavy atom. The Morgan fingerprint density at radius 1 is 0.483 bits per heavy atom. The van der Waals surface area contributed by atoms with Gasteiger partial charge in [0.05, 0.1) is 0 Å². The summed E-state index contributed by atoms with van der Waals surface area (Å²) in [5, 5.41) is 39.3. The molecule has 0 spiro atoms. The molecule has 0 bridgehead atoms. The van der Waals surface area contributed by atoms with E-state index in [-0.39, 0.29) is 65.4 Å². The van der Waals surface area contributed by atoms with Crippen LogP contribution in [0.4, 0.5) is 0 Å². The summed E-state index contributed by atoms with van der Waals surface area (Å²) >= 11 is 0. The summed E-state index contributed by atoms with van der Waals surface area (Å²) in [6, 6.07) is 0. The second kappa shape index (κ2) is 25.3. The second-order valence-corrected chi connectivity index (χ2v) is 6.51. The third-order valence-corrected chi connectivity index (χ3v) is 4.06. The van der Waals surface area contributed by atoms with Crippen LogP contribution in [0.1, 0.15) is 81.1 Å². The molecule has 0 saturated carbocycles. The summed E-state index contributed by atoms with van der Waals surface area (Å²) in [5.41, 5.74) is 0. The Kier molecular flexibility index (Phi) is 33.9. The van der Waals surface area contributed by atoms with Crippen LogP contribution in [0.2, 0.25) is 0 Å². The third kappa shape index (κ3) is 32.1. The van der Waals surface area contributed by atoms with Crippen molar-refractivity contribution < 1.29 is 81.4 Å². The Bertz CT molecular complexity index is 360. The van der Waals surface area contributed by atoms with Crippen LogP contribution in [0.5, 0.6) is 0 Å². The summed E-state index contributed by atoms with van der Waals surface area (Å²) in [7, 11) is 0. The minimum absolute atomic E-state index is 0. The Hall–Kier alpha value is -0.743. The first-order valence-corrected chi connectivity index (χ1v) is 9.56. The van der Waals surface area contributed by atoms with Gasteiger partial charge in [-0.1, -0.05) is 55.4 Å². The van der Waals surface area contributed by atoms with E-state index in [0.717, 1.165) is 0 Å². The molecule has 29 heavy (non-hydrogen) atoms. The number of carbonyl (C=O) groups excluding carboxylic acids is 4. The van der Waals surface area contributed by atoms with Gasteiger partial charge in [-0.25, -0.2) is 0 Å². The average Bonchev–Trinajstić information content (AvgIpc) is 2.66. The molecule has 168 valence electrons. The molecule has 0 aromatic rings. The van der Waals surface area contributed by atoms with Crippen molar-refractivity contribution in [3.63, 3.8) is 0 Å². The van der Waals surface area contributed by atoms with Crippen LogP contribution in [0, 0.1) is 65.4 Å². The van der Waals surface area contributed by atoms with Gasteiger partial charge in [-0.15, -0.1) is 0 Å². The number of rotatable bonds is 8. The third-order valence-electron chi connectivity index (χ3n) is 4.06. The predicted molar refractivity (Wildman–Crippen MR) is 97.8 cm³/mol. The van der Waals surface area contributed by atoms with Crippen molar-refractivity contribution in [3.8, 4) is 0 Å². The smallest absolute Gasteiger partial charge is 0.550 e. The fourth-order valence-corrected chi connectivity index (χ4v) is 0.667. The van der Waals surface area contributed by atoms with Gasteiger partial charge in [-0.2, -0.15) is 0 Å². The molecule has 0 heterocycles. The molecule has 0 aromatic heterocycles. The van der Waals surface area contributed by atoms with Crippen LogP contribution >= 0.6 is 0 Å². The molecule has 0 fully saturated rings. The van der Waals surface area contributed by atoms with Gasteiger partial charge in [0.2, 0.25) is 0 Å². The minimum atomic E-state index is -0.956. The maximum absolute atomic E-state index is 9.82. The maximum Gasteiger partial charge on any atom is 4.00 e. The molecule has 0 aliphatic rings. The monoisotopic (exact) mass is 544 g/mol. The van der Waals surface area contributed by atoms with Crippen molar-refractivity contribution >= 4 is 23.9 Å². The first-order valence-electron chi connectivity index (χ1n) is 9.56. The van der Waals surface area contributed by atoms with E-state index in [1.807, 2.05) is 27.7 Å². The van der Waals surface area contributed by atoms with Crippen LogP contribution in [-0.4, -0.2) is 23.9 Å². The number of hydrogen-bond donors (Lipinski definition) is 0. The van der Waals surface area contributed by atoms with Crippen molar-refractivity contribution in [2.75, 3.05) is 0 Å². The summed E-state index contributed by atoms with van der Waals surface area (Å²) in [4.78, 5) is 39.3. The van der Waals surface area contributed by atoms with Crippen molar-refractivity contribution in [2.24, 2.45) is 23.7 Å². The summed E-state index contributed by atoms with van der Waals surface area (Å²) in [5.74, 6) is -4.99. The van der Waals surface area contributed by atoms with Gasteiger partial charge in [0.1, 0.15) is 0 Å². The molecule has 0 aliphatic carbocycles. The largest absolute Gasteiger partial charge is 4.00 e. The fourth-order valence-electron chi connectivity index (χ4n) is 0.667. The SMILES string of the molecule is CCC(C)C(=O)[O-].CCC(C)C(=O)[O-].CCC(C)C(=O)[O-].CCC(C)C(=O)[O-].[Ce+4]. The van der Waals surface area contributed by atoms with E-state index in [0.29, 0.717) is 25.7 Å². The van der Waals surface area contributed by atoms with Gasteiger partial charge in [0, 0.05) is 23.9 Å². The van der Waals surface area contributed by atoms with Gasteiger partial charge in [0.25, 0.3) is 0 Å². The topological polar surface area (TPSA) is 161 Å². The molecular formula is C20H36CeO8. The molecule has 0 radical (unpaired) electrons. The van der Waals surface area contributed by atoms with Crippen LogP contribution < -0.4 is 20.4 Å². The van der Waals surface area contributed by atoms with Crippen molar-refractivity contribution in [2.45, 2.75) is 81.1 Å². The number of carboxylic acids is 4. The molecule has 9 heteroatoms. The summed E-state index contributed by atoms with van der Waals surface area (Å²) in [6.07, 6.45) is 2.62. The molecule has 0 amide bonds. The molecule has 8 nitrogen and oxygen atoms in total. The van der Waals surface area contributed by atoms with Gasteiger partial charge in [-0.3, -0.25) is 0 Å². The van der Waals surface area contributed by atoms with Gasteiger partial charge >= 0.3 is 41.7 Å². The van der Waals surface area contributed by atoms with E-state index in [1.165, 1.54) is 0 Å². The van der Waals surface area contributed by atoms with Crippen molar-refractivity contribution in [1.29, 1.82) is 0 Å². The first-order chi connectivity index (χ1) is 12.7. The van der Waals surface area contributed by atoms with Gasteiger partial charge < -0.3 is 39.6 Å². The Balaban J connectivity index is -0.0000000873. The standard InChI is InChI=1S/4C5H10O2.Ce/c4*1-3-4(2)5(6)7;/h4*4H,3H2,1-2H3,(H,6,7);/q;;;;+4/p-4. The summed E-state index contributed by atoms with van der Waals surface area (Å²) in [6.45, 7) is 13.8. The average molecular weight is 545 g/mol. The van der Waals surface area contributed by atoms with E-state index in [2.05, 4.69) is 0 Å². The fraction of sp³-hybridized carbons (Fsp3) is 0.800. The minimum Gasteiger partial charge on any atom is -0.550 e. The van der Waals surface area contributed by atoms with Gasteiger partial charge in [-0.05, 0) is 49.4 Å². The Labute approximate surface area is 208 Å². The number of carbonyl (C=O) groups is 4. The van der Waals surface area contributed by atoms with E-state index in [4.69, 9.17) is 0 Å². The molecule has 0 aromatic carbocycles. The molecular weight excluding hydrogens is 508 g/mol. The maximum atomic E-state index is 9.82. The molecule has 0 saturated heterocycles. The van der Waals surface area contributed by atoms with E-state index >= 15 is 0 Å². The molecule has 0 rings (SSSR count). The summed E-state index contributed by atoms with van der Waals surface area (Å²) < 4.78 is 0. The van der Waals surface area contributed by atoms with Crippen LogP contribution in [0.25, 0.3) is 0 Å². The van der Waals surface area contributed by atoms with Crippen LogP contribution in [0.3, 0.4) is 0 Å². The zero-order valence-corrected chi connectivity index (χ0v) is 22.0. The van der Waals surface area contributed by atoms with E-state index < -0.39 is 23.9 Å². The number of hydrogen-bond acceptors (Lipinski definition) is 8. The molecule has 4 atom stereocenters. The Morgan fingerprint density at radius 2 is 0.586 bits per heavy atom. The normalized spacial score (nSPS) is 13.0. The molecule has 0 N–H and O–H groups in total. The second-order valence-electron chi connectivity index (χ2n) is 6.51. The van der Waals surface area contributed by atoms with Crippen molar-refractivity contribution in [3.05, 3.63) is 0 Å². The first kappa shape index (κ1) is 38.8. The zero-order valence-electron chi connectivity index (χ0n) is 18.9. The van der Waals surface area contributed by atoms with E-state index in [1.54, 1.807) is 27.7 Å². The zero-order chi connectivity index (χ0) is 23.4. The number of carboxylic acid groups (broad SMARTS) is 4. The molecule has 0 aliphatic heterocycles. The van der Waals surface area contributed by atoms with Crippen molar-refractivity contribution in [1.82, 2.24) is 0 Å². The van der Waals surface area contributed by atoms with E-state index in [9.17, 15) is 39.6 Å². The van der Waals surface area contributed by atoms with Crippen LogP contribution in [-0.2, 0) is 19.2 Å². The predicted octanol–water partition coefficient (Wildman–Crippen LogP) is -0.870. The van der Waals surface area contributed by atoms with Crippen LogP contribution in [0.15, 0.2) is 0 Å². The molecule has 4 unspecified atom stereocenters. The number of aliphatic carboxylic acids is 4. The van der Waals surface area contributed by atoms with Gasteiger partial charge in [0.15, 0.2) is 0 Å². The quantitative estimate of drug-likeness (QED) is 0.381.